The summed E-state index contributed by atoms with van der Waals surface area (Å²) in [5.41, 5.74) is 2.37. The molecule has 138 valence electrons. The predicted molar refractivity (Wildman–Crippen MR) is 99.7 cm³/mol. The summed E-state index contributed by atoms with van der Waals surface area (Å²) >= 11 is 0. The van der Waals surface area contributed by atoms with Crippen molar-refractivity contribution in [3.8, 4) is 5.75 Å². The molecule has 1 aliphatic carbocycles. The van der Waals surface area contributed by atoms with E-state index in [0.717, 1.165) is 54.7 Å². The molecular weight excluding hydrogens is 328 g/mol. The molecule has 1 saturated carbocycles. The van der Waals surface area contributed by atoms with Crippen LogP contribution in [0.3, 0.4) is 0 Å². The molecular formula is C21H26N2O3. The fourth-order valence-electron chi connectivity index (χ4n) is 6.25. The van der Waals surface area contributed by atoms with Crippen LogP contribution in [0.1, 0.15) is 37.4 Å². The van der Waals surface area contributed by atoms with Crippen molar-refractivity contribution in [2.75, 3.05) is 20.2 Å². The van der Waals surface area contributed by atoms with Crippen LogP contribution in [0.25, 0.3) is 10.9 Å². The van der Waals surface area contributed by atoms with Gasteiger partial charge in [-0.25, -0.2) is 0 Å². The Hall–Kier alpha value is -2.01. The zero-order chi connectivity index (χ0) is 18.1. The Morgan fingerprint density at radius 1 is 1.46 bits per heavy atom. The van der Waals surface area contributed by atoms with Gasteiger partial charge in [0.25, 0.3) is 0 Å². The first-order valence-corrected chi connectivity index (χ1v) is 9.75. The van der Waals surface area contributed by atoms with Gasteiger partial charge in [-0.1, -0.05) is 13.3 Å². The molecule has 2 aromatic rings. The number of piperidine rings is 2. The largest absolute Gasteiger partial charge is 0.497 e. The number of carbonyl (C=O) groups is 1. The Kier molecular flexibility index (Phi) is 3.42. The van der Waals surface area contributed by atoms with Gasteiger partial charge in [0.2, 0.25) is 0 Å². The van der Waals surface area contributed by atoms with E-state index in [1.807, 2.05) is 12.1 Å². The molecule has 1 aromatic heterocycles. The minimum absolute atomic E-state index is 0.103. The maximum Gasteiger partial charge on any atom is 0.317 e. The molecule has 1 aromatic carbocycles. The number of carboxylic acids is 1. The van der Waals surface area contributed by atoms with Crippen molar-refractivity contribution in [3.05, 3.63) is 29.5 Å². The summed E-state index contributed by atoms with van der Waals surface area (Å²) in [4.78, 5) is 18.8. The van der Waals surface area contributed by atoms with Crippen LogP contribution in [0.15, 0.2) is 18.2 Å². The van der Waals surface area contributed by atoms with Crippen LogP contribution in [0, 0.1) is 11.8 Å². The summed E-state index contributed by atoms with van der Waals surface area (Å²) in [6.45, 7) is 4.22. The average molecular weight is 354 g/mol. The number of nitrogens with zero attached hydrogens (tertiary/aromatic N) is 1. The van der Waals surface area contributed by atoms with Crippen molar-refractivity contribution in [3.63, 3.8) is 0 Å². The molecule has 26 heavy (non-hydrogen) atoms. The Bertz CT molecular complexity index is 889. The van der Waals surface area contributed by atoms with Gasteiger partial charge in [0.1, 0.15) is 11.2 Å². The lowest BCUT2D eigenvalue weighted by molar-refractivity contribution is -0.158. The summed E-state index contributed by atoms with van der Waals surface area (Å²) < 4.78 is 5.42. The third kappa shape index (κ3) is 1.92. The van der Waals surface area contributed by atoms with E-state index in [1.165, 1.54) is 12.0 Å². The lowest BCUT2D eigenvalue weighted by atomic mass is 9.56. The molecule has 0 radical (unpaired) electrons. The molecule has 3 unspecified atom stereocenters. The number of H-pyrrole nitrogens is 1. The molecule has 3 aliphatic heterocycles. The first-order chi connectivity index (χ1) is 12.6. The van der Waals surface area contributed by atoms with Gasteiger partial charge in [-0.2, -0.15) is 0 Å². The number of nitrogens with one attached hydrogen (secondary N) is 1. The first kappa shape index (κ1) is 16.2. The summed E-state index contributed by atoms with van der Waals surface area (Å²) in [6.07, 6.45) is 3.89. The van der Waals surface area contributed by atoms with E-state index >= 15 is 0 Å². The molecule has 5 heteroatoms. The van der Waals surface area contributed by atoms with Crippen LogP contribution in [0.5, 0.6) is 5.75 Å². The summed E-state index contributed by atoms with van der Waals surface area (Å²) in [6, 6.07) is 6.13. The molecule has 0 spiro atoms. The van der Waals surface area contributed by atoms with Crippen molar-refractivity contribution in [2.45, 2.75) is 44.1 Å². The van der Waals surface area contributed by atoms with Gasteiger partial charge in [0, 0.05) is 35.7 Å². The van der Waals surface area contributed by atoms with Crippen molar-refractivity contribution in [2.24, 2.45) is 11.8 Å². The van der Waals surface area contributed by atoms with Gasteiger partial charge in [-0.3, -0.25) is 9.69 Å². The number of aromatic amines is 1. The Labute approximate surface area is 153 Å². The van der Waals surface area contributed by atoms with E-state index in [2.05, 4.69) is 22.9 Å². The average Bonchev–Trinajstić information content (AvgIpc) is 2.99. The topological polar surface area (TPSA) is 65.6 Å². The standard InChI is InChI=1S/C21H26N2O3/c1-3-13-8-12-10-21(20(24)25)18-15(6-7-23(11-12)19(13)21)16-9-14(26-2)4-5-17(16)22-18/h4-5,9,12-13,19,22H,3,6-8,10-11H2,1-2H3,(H,24,25)/t12?,13-,19?,21-/m0/s1. The van der Waals surface area contributed by atoms with E-state index in [-0.39, 0.29) is 6.04 Å². The number of hydrogen-bond donors (Lipinski definition) is 2. The number of aliphatic carboxylic acids is 1. The van der Waals surface area contributed by atoms with E-state index in [9.17, 15) is 9.90 Å². The van der Waals surface area contributed by atoms with E-state index < -0.39 is 11.4 Å². The zero-order valence-corrected chi connectivity index (χ0v) is 15.4. The number of benzene rings is 1. The second kappa shape index (κ2) is 5.49. The number of methoxy groups -OCH3 is 1. The number of ether oxygens (including phenoxy) is 1. The van der Waals surface area contributed by atoms with Crippen LogP contribution in [0.4, 0.5) is 0 Å². The maximum absolute atomic E-state index is 12.8. The maximum atomic E-state index is 12.8. The third-order valence-corrected chi connectivity index (χ3v) is 7.20. The molecule has 3 fully saturated rings. The lowest BCUT2D eigenvalue weighted by Crippen LogP contribution is -2.67. The molecule has 4 heterocycles. The molecule has 6 rings (SSSR count). The summed E-state index contributed by atoms with van der Waals surface area (Å²) in [5, 5.41) is 11.6. The highest BCUT2D eigenvalue weighted by molar-refractivity contribution is 5.91. The fraction of sp³-hybridized carbons (Fsp3) is 0.571. The molecule has 4 aliphatic rings. The van der Waals surface area contributed by atoms with Crippen molar-refractivity contribution < 1.29 is 14.6 Å². The van der Waals surface area contributed by atoms with Crippen LogP contribution >= 0.6 is 0 Å². The monoisotopic (exact) mass is 354 g/mol. The smallest absolute Gasteiger partial charge is 0.317 e. The zero-order valence-electron chi connectivity index (χ0n) is 15.4. The lowest BCUT2D eigenvalue weighted by Gasteiger charge is -2.57. The second-order valence-electron chi connectivity index (χ2n) is 8.33. The fourth-order valence-corrected chi connectivity index (χ4v) is 6.25. The number of hydrogen-bond acceptors (Lipinski definition) is 3. The molecule has 2 saturated heterocycles. The molecule has 5 atom stereocenters. The molecule has 4 bridgehead atoms. The number of carboxylic acid groups (broad SMARTS) is 1. The van der Waals surface area contributed by atoms with Gasteiger partial charge in [0.05, 0.1) is 7.11 Å². The minimum Gasteiger partial charge on any atom is -0.497 e. The third-order valence-electron chi connectivity index (χ3n) is 7.20. The first-order valence-electron chi connectivity index (χ1n) is 9.75. The Morgan fingerprint density at radius 2 is 2.31 bits per heavy atom. The highest BCUT2D eigenvalue weighted by Gasteiger charge is 2.62. The second-order valence-corrected chi connectivity index (χ2v) is 8.33. The Balaban J connectivity index is 1.78. The molecule has 0 amide bonds. The number of rotatable bonds is 3. The van der Waals surface area contributed by atoms with Gasteiger partial charge in [-0.05, 0) is 54.9 Å². The van der Waals surface area contributed by atoms with Crippen molar-refractivity contribution >= 4 is 16.9 Å². The predicted octanol–water partition coefficient (Wildman–Crippen LogP) is 3.18. The normalized spacial score (nSPS) is 35.2. The van der Waals surface area contributed by atoms with Crippen LogP contribution in [-0.4, -0.2) is 47.2 Å². The summed E-state index contributed by atoms with van der Waals surface area (Å²) in [7, 11) is 1.68. The van der Waals surface area contributed by atoms with Crippen molar-refractivity contribution in [1.29, 1.82) is 0 Å². The number of fused-ring (bicyclic) bond motifs is 4. The quantitative estimate of drug-likeness (QED) is 0.888. The Morgan fingerprint density at radius 3 is 3.04 bits per heavy atom. The minimum atomic E-state index is -0.806. The van der Waals surface area contributed by atoms with E-state index in [1.54, 1.807) is 7.11 Å². The van der Waals surface area contributed by atoms with E-state index in [4.69, 9.17) is 4.74 Å². The highest BCUT2D eigenvalue weighted by atomic mass is 16.5. The highest BCUT2D eigenvalue weighted by Crippen LogP contribution is 2.55. The van der Waals surface area contributed by atoms with Crippen molar-refractivity contribution in [1.82, 2.24) is 9.88 Å². The van der Waals surface area contributed by atoms with Crippen LogP contribution in [0.2, 0.25) is 0 Å². The summed E-state index contributed by atoms with van der Waals surface area (Å²) in [5.74, 6) is 1.11. The SMILES string of the molecule is CC[C@H]1CC2CN3CCc4c([nH]c5ccc(OC)cc45)[C@@](C(=O)O)(C2)C13. The van der Waals surface area contributed by atoms with Crippen LogP contribution < -0.4 is 4.74 Å². The van der Waals surface area contributed by atoms with Gasteiger partial charge >= 0.3 is 5.97 Å². The van der Waals surface area contributed by atoms with Gasteiger partial charge in [0.15, 0.2) is 0 Å². The van der Waals surface area contributed by atoms with Gasteiger partial charge < -0.3 is 14.8 Å². The van der Waals surface area contributed by atoms with Gasteiger partial charge in [-0.15, -0.1) is 0 Å². The molecule has 5 nitrogen and oxygen atoms in total. The van der Waals surface area contributed by atoms with E-state index in [0.29, 0.717) is 11.8 Å². The van der Waals surface area contributed by atoms with Crippen LogP contribution in [-0.2, 0) is 16.6 Å². The number of aromatic nitrogens is 1. The molecule has 2 N–H and O–H groups in total.